The fourth-order valence-corrected chi connectivity index (χ4v) is 2.22. The monoisotopic (exact) mass is 343 g/mol. The second-order valence-corrected chi connectivity index (χ2v) is 5.30. The van der Waals surface area contributed by atoms with Crippen molar-refractivity contribution in [3.8, 4) is 5.69 Å². The average molecular weight is 344 g/mol. The molecular weight excluding hydrogens is 329 g/mol. The van der Waals surface area contributed by atoms with E-state index in [4.69, 9.17) is 33.4 Å². The summed E-state index contributed by atoms with van der Waals surface area (Å²) in [6.07, 6.45) is 1.63. The Bertz CT molecular complexity index is 655. The zero-order valence-corrected chi connectivity index (χ0v) is 13.1. The van der Waals surface area contributed by atoms with Crippen molar-refractivity contribution < 1.29 is 15.0 Å². The van der Waals surface area contributed by atoms with Gasteiger partial charge in [0.25, 0.3) is 5.91 Å². The SMILES string of the molecule is O=C(c1ccn(-c2ccc(Cl)c(Cl)c2)n1)N(CCO)CCO. The molecule has 1 aromatic carbocycles. The Morgan fingerprint density at radius 3 is 2.41 bits per heavy atom. The molecule has 0 bridgehead atoms. The van der Waals surface area contributed by atoms with E-state index in [9.17, 15) is 4.79 Å². The van der Waals surface area contributed by atoms with Crippen LogP contribution in [0.2, 0.25) is 10.0 Å². The molecule has 0 atom stereocenters. The summed E-state index contributed by atoms with van der Waals surface area (Å²) in [5.41, 5.74) is 0.886. The average Bonchev–Trinajstić information content (AvgIpc) is 2.99. The first-order valence-corrected chi connectivity index (χ1v) is 7.34. The lowest BCUT2D eigenvalue weighted by molar-refractivity contribution is 0.0678. The Morgan fingerprint density at radius 1 is 1.14 bits per heavy atom. The van der Waals surface area contributed by atoms with Crippen molar-refractivity contribution >= 4 is 29.1 Å². The number of amides is 1. The van der Waals surface area contributed by atoms with Gasteiger partial charge in [-0.25, -0.2) is 4.68 Å². The maximum atomic E-state index is 12.3. The Kier molecular flexibility index (Phi) is 5.79. The van der Waals surface area contributed by atoms with Crippen LogP contribution in [0.4, 0.5) is 0 Å². The highest BCUT2D eigenvalue weighted by Crippen LogP contribution is 2.24. The number of aliphatic hydroxyl groups excluding tert-OH is 2. The van der Waals surface area contributed by atoms with Crippen LogP contribution in [0, 0.1) is 0 Å². The molecule has 6 nitrogen and oxygen atoms in total. The number of nitrogens with zero attached hydrogens (tertiary/aromatic N) is 3. The van der Waals surface area contributed by atoms with Gasteiger partial charge in [-0.05, 0) is 24.3 Å². The van der Waals surface area contributed by atoms with Crippen molar-refractivity contribution in [3.63, 3.8) is 0 Å². The molecule has 22 heavy (non-hydrogen) atoms. The molecule has 1 heterocycles. The topological polar surface area (TPSA) is 78.6 Å². The molecule has 0 saturated carbocycles. The molecule has 0 aliphatic rings. The molecule has 0 spiro atoms. The minimum atomic E-state index is -0.359. The van der Waals surface area contributed by atoms with E-state index < -0.39 is 0 Å². The van der Waals surface area contributed by atoms with Crippen molar-refractivity contribution in [1.29, 1.82) is 0 Å². The second kappa shape index (κ2) is 7.60. The summed E-state index contributed by atoms with van der Waals surface area (Å²) >= 11 is 11.8. The van der Waals surface area contributed by atoms with Crippen LogP contribution in [0.15, 0.2) is 30.5 Å². The molecule has 0 aliphatic carbocycles. The fraction of sp³-hybridized carbons (Fsp3) is 0.286. The number of halogens is 2. The van der Waals surface area contributed by atoms with E-state index in [2.05, 4.69) is 5.10 Å². The van der Waals surface area contributed by atoms with Gasteiger partial charge in [0, 0.05) is 19.3 Å². The van der Waals surface area contributed by atoms with Gasteiger partial charge in [0.2, 0.25) is 0 Å². The number of hydrogen-bond donors (Lipinski definition) is 2. The fourth-order valence-electron chi connectivity index (χ4n) is 1.93. The van der Waals surface area contributed by atoms with E-state index in [1.165, 1.54) is 9.58 Å². The van der Waals surface area contributed by atoms with E-state index in [0.717, 1.165) is 0 Å². The lowest BCUT2D eigenvalue weighted by Crippen LogP contribution is -2.36. The van der Waals surface area contributed by atoms with Crippen LogP contribution >= 0.6 is 23.2 Å². The predicted octanol–water partition coefficient (Wildman–Crippen LogP) is 1.61. The van der Waals surface area contributed by atoms with Crippen LogP contribution in [0.25, 0.3) is 5.69 Å². The van der Waals surface area contributed by atoms with Crippen molar-refractivity contribution in [2.24, 2.45) is 0 Å². The largest absolute Gasteiger partial charge is 0.395 e. The molecular formula is C14H15Cl2N3O3. The number of hydrogen-bond acceptors (Lipinski definition) is 4. The summed E-state index contributed by atoms with van der Waals surface area (Å²) < 4.78 is 1.51. The Morgan fingerprint density at radius 2 is 1.82 bits per heavy atom. The standard InChI is InChI=1S/C14H15Cl2N3O3/c15-11-2-1-10(9-12(11)16)19-4-3-13(17-19)14(22)18(5-7-20)6-8-21/h1-4,9,20-21H,5-8H2. The molecule has 0 radical (unpaired) electrons. The zero-order chi connectivity index (χ0) is 16.1. The molecule has 0 aliphatic heterocycles. The molecule has 2 rings (SSSR count). The molecule has 0 unspecified atom stereocenters. The molecule has 118 valence electrons. The van der Waals surface area contributed by atoms with Crippen LogP contribution in [-0.4, -0.2) is 57.1 Å². The Hall–Kier alpha value is -1.60. The molecule has 1 aromatic heterocycles. The molecule has 0 fully saturated rings. The first kappa shape index (κ1) is 16.8. The van der Waals surface area contributed by atoms with Gasteiger partial charge >= 0.3 is 0 Å². The van der Waals surface area contributed by atoms with Gasteiger partial charge in [0.1, 0.15) is 0 Å². The highest BCUT2D eigenvalue weighted by atomic mass is 35.5. The van der Waals surface area contributed by atoms with E-state index in [-0.39, 0.29) is 37.9 Å². The third-order valence-corrected chi connectivity index (χ3v) is 3.74. The van der Waals surface area contributed by atoms with Crippen LogP contribution in [0.1, 0.15) is 10.5 Å². The summed E-state index contributed by atoms with van der Waals surface area (Å²) in [5, 5.41) is 23.0. The van der Waals surface area contributed by atoms with Gasteiger partial charge in [-0.1, -0.05) is 23.2 Å². The quantitative estimate of drug-likeness (QED) is 0.835. The summed E-state index contributed by atoms with van der Waals surface area (Å²) in [6.45, 7) is -0.0868. The summed E-state index contributed by atoms with van der Waals surface area (Å²) in [4.78, 5) is 13.6. The highest BCUT2D eigenvalue weighted by molar-refractivity contribution is 6.42. The van der Waals surface area contributed by atoms with Crippen molar-refractivity contribution in [1.82, 2.24) is 14.7 Å². The summed E-state index contributed by atoms with van der Waals surface area (Å²) in [6, 6.07) is 6.58. The number of carbonyl (C=O) groups excluding carboxylic acids is 1. The molecule has 8 heteroatoms. The van der Waals surface area contributed by atoms with E-state index in [0.29, 0.717) is 15.7 Å². The minimum Gasteiger partial charge on any atom is -0.395 e. The van der Waals surface area contributed by atoms with E-state index in [1.807, 2.05) is 0 Å². The normalized spacial score (nSPS) is 10.7. The second-order valence-electron chi connectivity index (χ2n) is 4.48. The third kappa shape index (κ3) is 3.78. The van der Waals surface area contributed by atoms with E-state index in [1.54, 1.807) is 30.5 Å². The number of rotatable bonds is 6. The van der Waals surface area contributed by atoms with Crippen LogP contribution in [-0.2, 0) is 0 Å². The lowest BCUT2D eigenvalue weighted by Gasteiger charge is -2.19. The van der Waals surface area contributed by atoms with Crippen molar-refractivity contribution in [2.75, 3.05) is 26.3 Å². The van der Waals surface area contributed by atoms with Gasteiger partial charge in [-0.15, -0.1) is 0 Å². The summed E-state index contributed by atoms with van der Waals surface area (Å²) in [5.74, 6) is -0.359. The van der Waals surface area contributed by atoms with Crippen LogP contribution < -0.4 is 0 Å². The molecule has 1 amide bonds. The summed E-state index contributed by atoms with van der Waals surface area (Å²) in [7, 11) is 0. The van der Waals surface area contributed by atoms with Gasteiger partial charge in [-0.2, -0.15) is 5.10 Å². The first-order chi connectivity index (χ1) is 10.6. The van der Waals surface area contributed by atoms with E-state index >= 15 is 0 Å². The molecule has 0 saturated heterocycles. The maximum Gasteiger partial charge on any atom is 0.274 e. The highest BCUT2D eigenvalue weighted by Gasteiger charge is 2.17. The lowest BCUT2D eigenvalue weighted by atomic mass is 10.3. The minimum absolute atomic E-state index is 0.138. The number of benzene rings is 1. The number of aliphatic hydroxyl groups is 2. The zero-order valence-electron chi connectivity index (χ0n) is 11.6. The first-order valence-electron chi connectivity index (χ1n) is 6.59. The van der Waals surface area contributed by atoms with Gasteiger partial charge in [0.15, 0.2) is 5.69 Å². The van der Waals surface area contributed by atoms with Crippen LogP contribution in [0.5, 0.6) is 0 Å². The maximum absolute atomic E-state index is 12.3. The van der Waals surface area contributed by atoms with Crippen LogP contribution in [0.3, 0.4) is 0 Å². The van der Waals surface area contributed by atoms with Gasteiger partial charge < -0.3 is 15.1 Å². The number of carbonyl (C=O) groups is 1. The molecule has 2 aromatic rings. The number of aromatic nitrogens is 2. The smallest absolute Gasteiger partial charge is 0.274 e. The van der Waals surface area contributed by atoms with Gasteiger partial charge in [-0.3, -0.25) is 4.79 Å². The predicted molar refractivity (Wildman–Crippen MR) is 83.7 cm³/mol. The van der Waals surface area contributed by atoms with Crippen molar-refractivity contribution in [2.45, 2.75) is 0 Å². The van der Waals surface area contributed by atoms with Crippen molar-refractivity contribution in [3.05, 3.63) is 46.2 Å². The molecule has 2 N–H and O–H groups in total. The Labute approximate surface area is 137 Å². The Balaban J connectivity index is 2.22. The van der Waals surface area contributed by atoms with Gasteiger partial charge in [0.05, 0.1) is 28.9 Å². The third-order valence-electron chi connectivity index (χ3n) is 3.00.